The average molecular weight is 210 g/mol. The van der Waals surface area contributed by atoms with E-state index < -0.39 is 0 Å². The molecule has 0 radical (unpaired) electrons. The van der Waals surface area contributed by atoms with Gasteiger partial charge in [0.05, 0.1) is 17.6 Å². The van der Waals surface area contributed by atoms with Crippen molar-refractivity contribution in [1.29, 1.82) is 0 Å². The molecule has 0 amide bonds. The van der Waals surface area contributed by atoms with E-state index in [0.29, 0.717) is 0 Å². The third kappa shape index (κ3) is 2.11. The number of rotatable bonds is 3. The van der Waals surface area contributed by atoms with Gasteiger partial charge in [-0.05, 0) is 17.7 Å². The van der Waals surface area contributed by atoms with Crippen LogP contribution in [-0.4, -0.2) is 12.0 Å². The van der Waals surface area contributed by atoms with E-state index >= 15 is 0 Å². The zero-order chi connectivity index (χ0) is 11.4. The first-order valence-electron chi connectivity index (χ1n) is 5.20. The van der Waals surface area contributed by atoms with Gasteiger partial charge in [0.15, 0.2) is 0 Å². The summed E-state index contributed by atoms with van der Waals surface area (Å²) in [4.78, 5) is 4.39. The molecular weight excluding hydrogens is 196 g/mol. The molecule has 0 aliphatic carbocycles. The Morgan fingerprint density at radius 1 is 1.12 bits per heavy atom. The summed E-state index contributed by atoms with van der Waals surface area (Å²) >= 11 is 0. The summed E-state index contributed by atoms with van der Waals surface area (Å²) in [7, 11) is 1.88. The van der Waals surface area contributed by atoms with Crippen molar-refractivity contribution in [1.82, 2.24) is 4.98 Å². The number of hydrogen-bond acceptors (Lipinski definition) is 2. The maximum absolute atomic E-state index is 4.39. The summed E-state index contributed by atoms with van der Waals surface area (Å²) in [5.74, 6) is 0. The number of benzene rings is 1. The molecule has 2 rings (SSSR count). The van der Waals surface area contributed by atoms with Gasteiger partial charge in [0.2, 0.25) is 0 Å². The number of aromatic nitrogens is 1. The molecule has 2 heteroatoms. The van der Waals surface area contributed by atoms with E-state index in [-0.39, 0.29) is 0 Å². The van der Waals surface area contributed by atoms with Crippen LogP contribution in [0.4, 0.5) is 5.69 Å². The van der Waals surface area contributed by atoms with Crippen LogP contribution < -0.4 is 5.32 Å². The average Bonchev–Trinajstić information content (AvgIpc) is 2.39. The molecule has 80 valence electrons. The van der Waals surface area contributed by atoms with E-state index in [4.69, 9.17) is 0 Å². The van der Waals surface area contributed by atoms with Crippen LogP contribution in [0, 0.1) is 0 Å². The smallest absolute Gasteiger partial charge is 0.0703 e. The number of nitrogens with one attached hydrogen (secondary N) is 1. The minimum atomic E-state index is 0.981. The van der Waals surface area contributed by atoms with Crippen LogP contribution in [0.25, 0.3) is 17.3 Å². The van der Waals surface area contributed by atoms with Gasteiger partial charge in [-0.1, -0.05) is 36.9 Å². The van der Waals surface area contributed by atoms with Crippen molar-refractivity contribution >= 4 is 11.8 Å². The van der Waals surface area contributed by atoms with Crippen LogP contribution in [0.2, 0.25) is 0 Å². The van der Waals surface area contributed by atoms with E-state index in [1.54, 1.807) is 0 Å². The molecule has 0 fully saturated rings. The van der Waals surface area contributed by atoms with E-state index in [9.17, 15) is 0 Å². The summed E-state index contributed by atoms with van der Waals surface area (Å²) in [6, 6.07) is 12.2. The molecule has 1 aromatic heterocycles. The molecule has 0 atom stereocenters. The predicted molar refractivity (Wildman–Crippen MR) is 69.3 cm³/mol. The Morgan fingerprint density at radius 3 is 2.38 bits per heavy atom. The molecule has 0 spiro atoms. The van der Waals surface area contributed by atoms with E-state index in [1.807, 2.05) is 43.6 Å². The first-order chi connectivity index (χ1) is 7.83. The third-order valence-corrected chi connectivity index (χ3v) is 2.49. The standard InChI is InChI=1S/C14H14N2/c1-3-11-4-6-12(7-5-11)14-9-8-13(15-2)10-16-14/h3-10,15H,1H2,2H3. The first kappa shape index (κ1) is 10.4. The van der Waals surface area contributed by atoms with Gasteiger partial charge < -0.3 is 5.32 Å². The van der Waals surface area contributed by atoms with E-state index in [0.717, 1.165) is 22.5 Å². The third-order valence-electron chi connectivity index (χ3n) is 2.49. The fourth-order valence-electron chi connectivity index (χ4n) is 1.50. The lowest BCUT2D eigenvalue weighted by molar-refractivity contribution is 1.31. The molecule has 1 N–H and O–H groups in total. The lowest BCUT2D eigenvalue weighted by Gasteiger charge is -2.03. The number of nitrogens with zero attached hydrogens (tertiary/aromatic N) is 1. The van der Waals surface area contributed by atoms with Crippen molar-refractivity contribution in [2.75, 3.05) is 12.4 Å². The second-order valence-corrected chi connectivity index (χ2v) is 3.51. The molecule has 0 saturated heterocycles. The summed E-state index contributed by atoms with van der Waals surface area (Å²) in [5.41, 5.74) is 4.24. The Bertz CT molecular complexity index is 469. The molecule has 2 aromatic rings. The van der Waals surface area contributed by atoms with Gasteiger partial charge >= 0.3 is 0 Å². The predicted octanol–water partition coefficient (Wildman–Crippen LogP) is 3.43. The van der Waals surface area contributed by atoms with Crippen LogP contribution >= 0.6 is 0 Å². The summed E-state index contributed by atoms with van der Waals surface area (Å²) in [6.07, 6.45) is 3.66. The highest BCUT2D eigenvalue weighted by Crippen LogP contribution is 2.19. The van der Waals surface area contributed by atoms with Gasteiger partial charge in [-0.2, -0.15) is 0 Å². The fraction of sp³-hybridized carbons (Fsp3) is 0.0714. The lowest BCUT2D eigenvalue weighted by atomic mass is 10.1. The Kier molecular flexibility index (Phi) is 3.01. The Labute approximate surface area is 95.7 Å². The number of anilines is 1. The number of hydrogen-bond donors (Lipinski definition) is 1. The summed E-state index contributed by atoms with van der Waals surface area (Å²) in [5, 5.41) is 3.05. The maximum Gasteiger partial charge on any atom is 0.0703 e. The van der Waals surface area contributed by atoms with Gasteiger partial charge in [0.25, 0.3) is 0 Å². The molecule has 0 aliphatic rings. The molecule has 1 heterocycles. The highest BCUT2D eigenvalue weighted by Gasteiger charge is 1.98. The fourth-order valence-corrected chi connectivity index (χ4v) is 1.50. The highest BCUT2D eigenvalue weighted by molar-refractivity contribution is 5.63. The normalized spacial score (nSPS) is 9.81. The minimum Gasteiger partial charge on any atom is -0.387 e. The maximum atomic E-state index is 4.39. The molecule has 1 aromatic carbocycles. The molecular formula is C14H14N2. The number of pyridine rings is 1. The van der Waals surface area contributed by atoms with Gasteiger partial charge in [-0.25, -0.2) is 0 Å². The van der Waals surface area contributed by atoms with Crippen LogP contribution in [-0.2, 0) is 0 Å². The first-order valence-corrected chi connectivity index (χ1v) is 5.20. The molecule has 0 unspecified atom stereocenters. The van der Waals surface area contributed by atoms with Crippen LogP contribution in [0.3, 0.4) is 0 Å². The monoisotopic (exact) mass is 210 g/mol. The highest BCUT2D eigenvalue weighted by atomic mass is 14.8. The van der Waals surface area contributed by atoms with Crippen molar-refractivity contribution in [3.8, 4) is 11.3 Å². The van der Waals surface area contributed by atoms with Crippen molar-refractivity contribution in [2.24, 2.45) is 0 Å². The van der Waals surface area contributed by atoms with Crippen LogP contribution in [0.1, 0.15) is 5.56 Å². The Balaban J connectivity index is 2.31. The molecule has 16 heavy (non-hydrogen) atoms. The molecule has 2 nitrogen and oxygen atoms in total. The largest absolute Gasteiger partial charge is 0.387 e. The zero-order valence-corrected chi connectivity index (χ0v) is 9.27. The second-order valence-electron chi connectivity index (χ2n) is 3.51. The van der Waals surface area contributed by atoms with E-state index in [2.05, 4.69) is 29.0 Å². The molecule has 0 aliphatic heterocycles. The SMILES string of the molecule is C=Cc1ccc(-c2ccc(NC)cn2)cc1. The Morgan fingerprint density at radius 2 is 1.88 bits per heavy atom. The van der Waals surface area contributed by atoms with Crippen molar-refractivity contribution in [3.05, 3.63) is 54.7 Å². The van der Waals surface area contributed by atoms with E-state index in [1.165, 1.54) is 0 Å². The molecule has 0 saturated carbocycles. The second kappa shape index (κ2) is 4.62. The summed E-state index contributed by atoms with van der Waals surface area (Å²) < 4.78 is 0. The summed E-state index contributed by atoms with van der Waals surface area (Å²) in [6.45, 7) is 3.73. The van der Waals surface area contributed by atoms with Crippen LogP contribution in [0.15, 0.2) is 49.2 Å². The quantitative estimate of drug-likeness (QED) is 0.839. The van der Waals surface area contributed by atoms with Crippen molar-refractivity contribution < 1.29 is 0 Å². The van der Waals surface area contributed by atoms with Gasteiger partial charge in [0, 0.05) is 12.6 Å². The molecule has 0 bridgehead atoms. The van der Waals surface area contributed by atoms with Gasteiger partial charge in [0.1, 0.15) is 0 Å². The van der Waals surface area contributed by atoms with Crippen molar-refractivity contribution in [2.45, 2.75) is 0 Å². The topological polar surface area (TPSA) is 24.9 Å². The van der Waals surface area contributed by atoms with Gasteiger partial charge in [-0.15, -0.1) is 0 Å². The van der Waals surface area contributed by atoms with Crippen molar-refractivity contribution in [3.63, 3.8) is 0 Å². The zero-order valence-electron chi connectivity index (χ0n) is 9.27. The Hall–Kier alpha value is -2.09. The minimum absolute atomic E-state index is 0.981. The lowest BCUT2D eigenvalue weighted by Crippen LogP contribution is -1.89. The van der Waals surface area contributed by atoms with Crippen LogP contribution in [0.5, 0.6) is 0 Å². The van der Waals surface area contributed by atoms with Gasteiger partial charge in [-0.3, -0.25) is 4.98 Å².